The van der Waals surface area contributed by atoms with Crippen LogP contribution < -0.4 is 10.6 Å². The maximum atomic E-state index is 11.5. The van der Waals surface area contributed by atoms with Gasteiger partial charge in [-0.05, 0) is 42.4 Å². The lowest BCUT2D eigenvalue weighted by atomic mass is 10.0. The molecule has 0 saturated carbocycles. The summed E-state index contributed by atoms with van der Waals surface area (Å²) in [5.41, 5.74) is 4.09. The van der Waals surface area contributed by atoms with Crippen LogP contribution in [-0.4, -0.2) is 44.7 Å². The van der Waals surface area contributed by atoms with Gasteiger partial charge in [0.15, 0.2) is 0 Å². The van der Waals surface area contributed by atoms with E-state index in [1.165, 1.54) is 12.7 Å². The molecule has 1 heterocycles. The van der Waals surface area contributed by atoms with Crippen LogP contribution in [0.4, 0.5) is 5.69 Å². The highest BCUT2D eigenvalue weighted by Gasteiger charge is 2.18. The number of esters is 1. The Morgan fingerprint density at radius 2 is 2.08 bits per heavy atom. The monoisotopic (exact) mass is 339 g/mol. The molecule has 1 fully saturated rings. The van der Waals surface area contributed by atoms with Crippen molar-refractivity contribution in [2.24, 2.45) is 0 Å². The van der Waals surface area contributed by atoms with E-state index in [1.54, 1.807) is 12.1 Å². The Bertz CT molecular complexity index is 715. The molecule has 0 amide bonds. The summed E-state index contributed by atoms with van der Waals surface area (Å²) in [4.78, 5) is 13.8. The number of ether oxygens (including phenoxy) is 1. The van der Waals surface area contributed by atoms with E-state index < -0.39 is 0 Å². The molecule has 3 rings (SSSR count). The Balaban J connectivity index is 1.61. The third-order valence-corrected chi connectivity index (χ3v) is 4.54. The smallest absolute Gasteiger partial charge is 0.337 e. The fourth-order valence-electron chi connectivity index (χ4n) is 3.07. The maximum Gasteiger partial charge on any atom is 0.337 e. The lowest BCUT2D eigenvalue weighted by Crippen LogP contribution is -2.43. The van der Waals surface area contributed by atoms with Gasteiger partial charge >= 0.3 is 5.97 Å². The summed E-state index contributed by atoms with van der Waals surface area (Å²) in [6, 6.07) is 16.4. The summed E-state index contributed by atoms with van der Waals surface area (Å²) >= 11 is 0. The molecule has 132 valence electrons. The molecule has 5 nitrogen and oxygen atoms in total. The van der Waals surface area contributed by atoms with Crippen molar-refractivity contribution in [3.63, 3.8) is 0 Å². The van der Waals surface area contributed by atoms with Crippen molar-refractivity contribution >= 4 is 11.7 Å². The zero-order valence-electron chi connectivity index (χ0n) is 14.8. The molecule has 25 heavy (non-hydrogen) atoms. The molecule has 2 N–H and O–H groups in total. The molecule has 1 aliphatic heterocycles. The minimum atomic E-state index is -0.308. The normalized spacial score (nSPS) is 17.9. The molecule has 2 aromatic rings. The van der Waals surface area contributed by atoms with Crippen LogP contribution in [0.15, 0.2) is 48.5 Å². The van der Waals surface area contributed by atoms with E-state index in [2.05, 4.69) is 46.8 Å². The van der Waals surface area contributed by atoms with Gasteiger partial charge < -0.3 is 20.3 Å². The summed E-state index contributed by atoms with van der Waals surface area (Å²) in [5, 5.41) is 7.03. The van der Waals surface area contributed by atoms with Crippen LogP contribution in [0.3, 0.4) is 0 Å². The molecule has 0 spiro atoms. The van der Waals surface area contributed by atoms with Crippen LogP contribution in [0.1, 0.15) is 27.5 Å². The van der Waals surface area contributed by atoms with Gasteiger partial charge in [0.25, 0.3) is 0 Å². The molecule has 5 heteroatoms. The standard InChI is InChI=1S/C20H25N3O2/c1-23-11-10-21-19(14-23)17-4-3-5-18(12-17)22-13-15-6-8-16(9-7-15)20(24)25-2/h3-9,12,19,21-22H,10-11,13-14H2,1-2H3. The van der Waals surface area contributed by atoms with E-state index in [1.807, 2.05) is 12.1 Å². The quantitative estimate of drug-likeness (QED) is 0.820. The van der Waals surface area contributed by atoms with Gasteiger partial charge in [0.1, 0.15) is 0 Å². The van der Waals surface area contributed by atoms with Crippen LogP contribution in [0.5, 0.6) is 0 Å². The van der Waals surface area contributed by atoms with Crippen molar-refractivity contribution in [3.8, 4) is 0 Å². The van der Waals surface area contributed by atoms with Gasteiger partial charge in [-0.2, -0.15) is 0 Å². The first-order valence-electron chi connectivity index (χ1n) is 8.59. The summed E-state index contributed by atoms with van der Waals surface area (Å²) in [6.45, 7) is 3.85. The largest absolute Gasteiger partial charge is 0.465 e. The van der Waals surface area contributed by atoms with Crippen molar-refractivity contribution in [1.29, 1.82) is 0 Å². The molecule has 0 radical (unpaired) electrons. The summed E-state index contributed by atoms with van der Waals surface area (Å²) in [6.07, 6.45) is 0. The van der Waals surface area contributed by atoms with Crippen LogP contribution in [0.2, 0.25) is 0 Å². The maximum absolute atomic E-state index is 11.5. The minimum absolute atomic E-state index is 0.308. The molecule has 1 saturated heterocycles. The highest BCUT2D eigenvalue weighted by Crippen LogP contribution is 2.20. The third-order valence-electron chi connectivity index (χ3n) is 4.54. The highest BCUT2D eigenvalue weighted by atomic mass is 16.5. The Morgan fingerprint density at radius 3 is 2.80 bits per heavy atom. The number of hydrogen-bond donors (Lipinski definition) is 2. The minimum Gasteiger partial charge on any atom is -0.465 e. The number of methoxy groups -OCH3 is 1. The Hall–Kier alpha value is -2.37. The zero-order chi connectivity index (χ0) is 17.6. The van der Waals surface area contributed by atoms with Crippen molar-refractivity contribution in [1.82, 2.24) is 10.2 Å². The molecular weight excluding hydrogens is 314 g/mol. The van der Waals surface area contributed by atoms with E-state index in [0.29, 0.717) is 18.2 Å². The van der Waals surface area contributed by atoms with E-state index in [4.69, 9.17) is 4.74 Å². The molecule has 2 aromatic carbocycles. The first-order chi connectivity index (χ1) is 12.2. The van der Waals surface area contributed by atoms with Crippen LogP contribution in [0.25, 0.3) is 0 Å². The number of anilines is 1. The fourth-order valence-corrected chi connectivity index (χ4v) is 3.07. The van der Waals surface area contributed by atoms with Gasteiger partial charge in [0.2, 0.25) is 0 Å². The first kappa shape index (κ1) is 17.5. The summed E-state index contributed by atoms with van der Waals surface area (Å²) in [5.74, 6) is -0.308. The third kappa shape index (κ3) is 4.59. The molecule has 0 aromatic heterocycles. The second kappa shape index (κ2) is 8.14. The van der Waals surface area contributed by atoms with Gasteiger partial charge in [0.05, 0.1) is 12.7 Å². The molecule has 0 bridgehead atoms. The van der Waals surface area contributed by atoms with E-state index >= 15 is 0 Å². The van der Waals surface area contributed by atoms with Gasteiger partial charge in [-0.15, -0.1) is 0 Å². The number of carbonyl (C=O) groups is 1. The highest BCUT2D eigenvalue weighted by molar-refractivity contribution is 5.89. The SMILES string of the molecule is COC(=O)c1ccc(CNc2cccc(C3CN(C)CCN3)c2)cc1. The van der Waals surface area contributed by atoms with E-state index in [0.717, 1.165) is 30.9 Å². The van der Waals surface area contributed by atoms with Gasteiger partial charge in [-0.3, -0.25) is 0 Å². The number of benzene rings is 2. The number of likely N-dealkylation sites (N-methyl/N-ethyl adjacent to an activating group) is 1. The number of rotatable bonds is 5. The topological polar surface area (TPSA) is 53.6 Å². The molecule has 1 unspecified atom stereocenters. The average molecular weight is 339 g/mol. The van der Waals surface area contributed by atoms with Crippen LogP contribution >= 0.6 is 0 Å². The van der Waals surface area contributed by atoms with Crippen molar-refractivity contribution in [2.45, 2.75) is 12.6 Å². The molecule has 1 aliphatic rings. The van der Waals surface area contributed by atoms with E-state index in [9.17, 15) is 4.79 Å². The van der Waals surface area contributed by atoms with Crippen LogP contribution in [-0.2, 0) is 11.3 Å². The van der Waals surface area contributed by atoms with Crippen molar-refractivity contribution < 1.29 is 9.53 Å². The van der Waals surface area contributed by atoms with Crippen LogP contribution in [0, 0.1) is 0 Å². The number of nitrogens with one attached hydrogen (secondary N) is 2. The second-order valence-corrected chi connectivity index (χ2v) is 6.44. The predicted molar refractivity (Wildman–Crippen MR) is 99.8 cm³/mol. The second-order valence-electron chi connectivity index (χ2n) is 6.44. The number of piperazine rings is 1. The molecule has 1 atom stereocenters. The van der Waals surface area contributed by atoms with Gasteiger partial charge in [-0.1, -0.05) is 24.3 Å². The molecular formula is C20H25N3O2. The number of hydrogen-bond acceptors (Lipinski definition) is 5. The lowest BCUT2D eigenvalue weighted by Gasteiger charge is -2.31. The Labute approximate surface area is 149 Å². The average Bonchev–Trinajstić information content (AvgIpc) is 2.66. The zero-order valence-corrected chi connectivity index (χ0v) is 14.8. The van der Waals surface area contributed by atoms with Gasteiger partial charge in [0, 0.05) is 37.9 Å². The fraction of sp³-hybridized carbons (Fsp3) is 0.350. The predicted octanol–water partition coefficient (Wildman–Crippen LogP) is 2.66. The summed E-state index contributed by atoms with van der Waals surface area (Å²) < 4.78 is 4.72. The number of carbonyl (C=O) groups excluding carboxylic acids is 1. The Kier molecular flexibility index (Phi) is 5.68. The van der Waals surface area contributed by atoms with Gasteiger partial charge in [-0.25, -0.2) is 4.79 Å². The lowest BCUT2D eigenvalue weighted by molar-refractivity contribution is 0.0600. The first-order valence-corrected chi connectivity index (χ1v) is 8.59. The van der Waals surface area contributed by atoms with Crippen molar-refractivity contribution in [3.05, 3.63) is 65.2 Å². The molecule has 0 aliphatic carbocycles. The number of nitrogens with zero attached hydrogens (tertiary/aromatic N) is 1. The van der Waals surface area contributed by atoms with Crippen molar-refractivity contribution in [2.75, 3.05) is 39.1 Å². The Morgan fingerprint density at radius 1 is 1.28 bits per heavy atom. The van der Waals surface area contributed by atoms with E-state index in [-0.39, 0.29) is 5.97 Å². The summed E-state index contributed by atoms with van der Waals surface area (Å²) in [7, 11) is 3.55.